The molecule has 0 aromatic heterocycles. The second-order valence-corrected chi connectivity index (χ2v) is 21.2. The minimum atomic E-state index is -2.02. The molecule has 0 unspecified atom stereocenters. The standard InChI is InChI=1S/C10H11S.3C4H9.Sn/c1-2-3-9-11-10-7-5-4-6-8-10;3*1-3-4-2;/h1-2,4-8H,3,9H2;3*1,3-4H2,2H3;. The second kappa shape index (κ2) is 14.3. The molecule has 0 saturated carbocycles. The average Bonchev–Trinajstić information content (AvgIpc) is 2.63. The Labute approximate surface area is 159 Å². The first-order valence-corrected chi connectivity index (χ1v) is 18.8. The van der Waals surface area contributed by atoms with Crippen molar-refractivity contribution in [3.05, 3.63) is 40.5 Å². The molecule has 1 aromatic carbocycles. The van der Waals surface area contributed by atoms with Crippen molar-refractivity contribution in [3.8, 4) is 0 Å². The summed E-state index contributed by atoms with van der Waals surface area (Å²) in [5.74, 6) is 1.22. The molecule has 0 bridgehead atoms. The Morgan fingerprint density at radius 2 is 1.38 bits per heavy atom. The van der Waals surface area contributed by atoms with Crippen LogP contribution in [-0.2, 0) is 0 Å². The van der Waals surface area contributed by atoms with Gasteiger partial charge in [-0.15, -0.1) is 0 Å². The quantitative estimate of drug-likeness (QED) is 0.156. The normalized spacial score (nSPS) is 12.1. The molecule has 0 aliphatic carbocycles. The van der Waals surface area contributed by atoms with Crippen LogP contribution in [0.2, 0.25) is 13.3 Å². The molecule has 136 valence electrons. The summed E-state index contributed by atoms with van der Waals surface area (Å²) in [5, 5.41) is 0. The van der Waals surface area contributed by atoms with Gasteiger partial charge in [-0.05, 0) is 0 Å². The zero-order chi connectivity index (χ0) is 17.5. The number of benzene rings is 1. The van der Waals surface area contributed by atoms with Gasteiger partial charge in [0.25, 0.3) is 0 Å². The fourth-order valence-corrected chi connectivity index (χ4v) is 18.7. The van der Waals surface area contributed by atoms with Gasteiger partial charge in [0, 0.05) is 0 Å². The maximum absolute atomic E-state index is 2.82. The second-order valence-electron chi connectivity index (χ2n) is 7.03. The average molecular weight is 453 g/mol. The van der Waals surface area contributed by atoms with E-state index in [1.54, 1.807) is 13.3 Å². The molecule has 1 rings (SSSR count). The predicted octanol–water partition coefficient (Wildman–Crippen LogP) is 8.11. The molecule has 0 heterocycles. The van der Waals surface area contributed by atoms with Crippen LogP contribution in [0, 0.1) is 0 Å². The minimum absolute atomic E-state index is 1.22. The van der Waals surface area contributed by atoms with Crippen LogP contribution in [0.4, 0.5) is 0 Å². The van der Waals surface area contributed by atoms with E-state index in [2.05, 4.69) is 61.3 Å². The van der Waals surface area contributed by atoms with E-state index in [4.69, 9.17) is 0 Å². The zero-order valence-electron chi connectivity index (χ0n) is 16.2. The van der Waals surface area contributed by atoms with Gasteiger partial charge in [0.1, 0.15) is 0 Å². The molecule has 0 amide bonds. The van der Waals surface area contributed by atoms with Gasteiger partial charge in [0.2, 0.25) is 0 Å². The van der Waals surface area contributed by atoms with Crippen LogP contribution in [0.25, 0.3) is 0 Å². The Bertz CT molecular complexity index is 405. The Kier molecular flexibility index (Phi) is 13.2. The fraction of sp³-hybridized carbons (Fsp3) is 0.636. The van der Waals surface area contributed by atoms with E-state index in [-0.39, 0.29) is 0 Å². The molecular formula is C22H38SSn. The summed E-state index contributed by atoms with van der Waals surface area (Å²) in [6.45, 7) is 7.07. The van der Waals surface area contributed by atoms with Crippen LogP contribution in [0.15, 0.2) is 45.4 Å². The van der Waals surface area contributed by atoms with Crippen LogP contribution in [0.3, 0.4) is 0 Å². The number of rotatable bonds is 14. The summed E-state index contributed by atoms with van der Waals surface area (Å²) in [6.07, 6.45) is 12.3. The van der Waals surface area contributed by atoms with Crippen molar-refractivity contribution >= 4 is 30.1 Å². The third-order valence-electron chi connectivity index (χ3n) is 4.85. The van der Waals surface area contributed by atoms with Crippen LogP contribution in [-0.4, -0.2) is 24.1 Å². The molecule has 0 aliphatic rings. The number of hydrogen-bond donors (Lipinski definition) is 0. The third kappa shape index (κ3) is 9.56. The van der Waals surface area contributed by atoms with E-state index in [1.165, 1.54) is 55.6 Å². The van der Waals surface area contributed by atoms with Crippen LogP contribution >= 0.6 is 11.8 Å². The number of allylic oxidation sites excluding steroid dienone is 1. The predicted molar refractivity (Wildman–Crippen MR) is 116 cm³/mol. The van der Waals surface area contributed by atoms with E-state index >= 15 is 0 Å². The molecular weight excluding hydrogens is 415 g/mol. The first kappa shape index (κ1) is 22.2. The van der Waals surface area contributed by atoms with Gasteiger partial charge in [0.15, 0.2) is 0 Å². The van der Waals surface area contributed by atoms with E-state index in [1.807, 2.05) is 11.8 Å². The third-order valence-corrected chi connectivity index (χ3v) is 20.1. The van der Waals surface area contributed by atoms with Gasteiger partial charge in [0.05, 0.1) is 0 Å². The van der Waals surface area contributed by atoms with Crippen molar-refractivity contribution in [1.29, 1.82) is 0 Å². The van der Waals surface area contributed by atoms with E-state index < -0.39 is 18.4 Å². The Morgan fingerprint density at radius 3 is 1.88 bits per heavy atom. The maximum atomic E-state index is 2.82. The van der Waals surface area contributed by atoms with Gasteiger partial charge in [-0.3, -0.25) is 0 Å². The Morgan fingerprint density at radius 1 is 0.833 bits per heavy atom. The van der Waals surface area contributed by atoms with E-state index in [0.29, 0.717) is 0 Å². The topological polar surface area (TPSA) is 0 Å². The SMILES string of the molecule is CCC[CH2][Sn](/[CH]=C/CCSc1ccccc1)([CH2]CCC)[CH2]CCC. The van der Waals surface area contributed by atoms with Crippen molar-refractivity contribution in [3.63, 3.8) is 0 Å². The monoisotopic (exact) mass is 454 g/mol. The summed E-state index contributed by atoms with van der Waals surface area (Å²) in [4.78, 5) is 1.41. The summed E-state index contributed by atoms with van der Waals surface area (Å²) in [5.41, 5.74) is 0. The van der Waals surface area contributed by atoms with Gasteiger partial charge in [-0.2, -0.15) is 0 Å². The van der Waals surface area contributed by atoms with Crippen molar-refractivity contribution in [2.75, 3.05) is 5.75 Å². The summed E-state index contributed by atoms with van der Waals surface area (Å²) in [7, 11) is 0. The number of hydrogen-bond acceptors (Lipinski definition) is 1. The molecule has 0 atom stereocenters. The molecule has 0 nitrogen and oxygen atoms in total. The first-order valence-electron chi connectivity index (χ1n) is 10.1. The molecule has 0 aliphatic heterocycles. The summed E-state index contributed by atoms with van der Waals surface area (Å²) < 4.78 is 7.59. The Hall–Kier alpha value is 0.109. The van der Waals surface area contributed by atoms with Gasteiger partial charge >= 0.3 is 160 Å². The fourth-order valence-electron chi connectivity index (χ4n) is 3.31. The molecule has 0 saturated heterocycles. The first-order chi connectivity index (χ1) is 11.8. The number of thioether (sulfide) groups is 1. The summed E-state index contributed by atoms with van der Waals surface area (Å²) in [6, 6.07) is 10.8. The van der Waals surface area contributed by atoms with Crippen molar-refractivity contribution in [2.24, 2.45) is 0 Å². The van der Waals surface area contributed by atoms with Crippen LogP contribution in [0.5, 0.6) is 0 Å². The molecule has 2 heteroatoms. The van der Waals surface area contributed by atoms with Crippen molar-refractivity contribution in [1.82, 2.24) is 0 Å². The van der Waals surface area contributed by atoms with E-state index in [0.717, 1.165) is 0 Å². The number of unbranched alkanes of at least 4 members (excludes halogenated alkanes) is 3. The Balaban J connectivity index is 2.55. The molecule has 0 spiro atoms. The zero-order valence-corrected chi connectivity index (χ0v) is 19.9. The molecule has 1 aromatic rings. The van der Waals surface area contributed by atoms with E-state index in [9.17, 15) is 0 Å². The van der Waals surface area contributed by atoms with Crippen LogP contribution < -0.4 is 0 Å². The molecule has 0 radical (unpaired) electrons. The molecule has 24 heavy (non-hydrogen) atoms. The summed E-state index contributed by atoms with van der Waals surface area (Å²) >= 11 is -0.0253. The molecule has 0 N–H and O–H groups in total. The van der Waals surface area contributed by atoms with Gasteiger partial charge < -0.3 is 0 Å². The van der Waals surface area contributed by atoms with Gasteiger partial charge in [-0.1, -0.05) is 0 Å². The van der Waals surface area contributed by atoms with Crippen molar-refractivity contribution in [2.45, 2.75) is 83.9 Å². The van der Waals surface area contributed by atoms with Gasteiger partial charge in [-0.25, -0.2) is 0 Å². The van der Waals surface area contributed by atoms with Crippen molar-refractivity contribution < 1.29 is 0 Å². The van der Waals surface area contributed by atoms with Crippen LogP contribution in [0.1, 0.15) is 65.7 Å². The molecule has 0 fully saturated rings.